The Morgan fingerprint density at radius 3 is 2.60 bits per heavy atom. The van der Waals surface area contributed by atoms with E-state index in [-0.39, 0.29) is 6.03 Å². The van der Waals surface area contributed by atoms with E-state index in [9.17, 15) is 4.79 Å². The molecule has 0 aliphatic rings. The van der Waals surface area contributed by atoms with Crippen LogP contribution in [0.15, 0.2) is 70.8 Å². The molecule has 152 valence electrons. The van der Waals surface area contributed by atoms with Crippen molar-refractivity contribution in [2.75, 3.05) is 5.32 Å². The molecule has 2 aromatic heterocycles. The van der Waals surface area contributed by atoms with E-state index in [1.54, 1.807) is 16.3 Å². The summed E-state index contributed by atoms with van der Waals surface area (Å²) in [7, 11) is 0. The van der Waals surface area contributed by atoms with E-state index in [1.165, 1.54) is 6.33 Å². The fourth-order valence-electron chi connectivity index (χ4n) is 3.14. The average molecular weight is 419 g/mol. The van der Waals surface area contributed by atoms with Crippen molar-refractivity contribution in [3.05, 3.63) is 77.7 Å². The van der Waals surface area contributed by atoms with Crippen LogP contribution in [0.25, 0.3) is 5.78 Å². The van der Waals surface area contributed by atoms with Crippen LogP contribution in [0.4, 0.5) is 10.5 Å². The fourth-order valence-corrected chi connectivity index (χ4v) is 4.26. The number of carbonyl (C=O) groups is 1. The lowest BCUT2D eigenvalue weighted by Gasteiger charge is -2.12. The van der Waals surface area contributed by atoms with Gasteiger partial charge in [-0.3, -0.25) is 0 Å². The first kappa shape index (κ1) is 19.9. The highest BCUT2D eigenvalue weighted by Gasteiger charge is 2.14. The first-order chi connectivity index (χ1) is 14.6. The number of nitrogens with zero attached hydrogens (tertiary/aromatic N) is 4. The van der Waals surface area contributed by atoms with Gasteiger partial charge in [-0.1, -0.05) is 49.0 Å². The van der Waals surface area contributed by atoms with E-state index in [0.717, 1.165) is 38.9 Å². The molecule has 4 rings (SSSR count). The molecule has 0 bridgehead atoms. The standard InChI is InChI=1S/C22H22N6OS/c1-3-19-15(2)26-21-24-14-25-28(21)20(19)30-18-11-9-17(10-12-18)27-22(29)23-13-16-7-5-4-6-8-16/h4-12,14H,3,13H2,1-2H3,(H2,23,27,29). The van der Waals surface area contributed by atoms with Gasteiger partial charge in [0.15, 0.2) is 0 Å². The molecule has 0 unspecified atom stereocenters. The maximum absolute atomic E-state index is 12.1. The van der Waals surface area contributed by atoms with Crippen LogP contribution in [0.3, 0.4) is 0 Å². The summed E-state index contributed by atoms with van der Waals surface area (Å²) < 4.78 is 1.78. The number of benzene rings is 2. The Hall–Kier alpha value is -3.39. The van der Waals surface area contributed by atoms with Crippen LogP contribution in [0.1, 0.15) is 23.7 Å². The van der Waals surface area contributed by atoms with Crippen molar-refractivity contribution in [3.63, 3.8) is 0 Å². The summed E-state index contributed by atoms with van der Waals surface area (Å²) >= 11 is 1.61. The Bertz CT molecular complexity index is 1160. The van der Waals surface area contributed by atoms with Gasteiger partial charge < -0.3 is 10.6 Å². The lowest BCUT2D eigenvalue weighted by atomic mass is 10.2. The third-order valence-electron chi connectivity index (χ3n) is 4.66. The third-order valence-corrected chi connectivity index (χ3v) is 5.78. The second kappa shape index (κ2) is 8.96. The molecule has 2 aromatic carbocycles. The Morgan fingerprint density at radius 1 is 1.10 bits per heavy atom. The molecule has 0 saturated heterocycles. The number of hydrogen-bond donors (Lipinski definition) is 2. The minimum Gasteiger partial charge on any atom is -0.334 e. The van der Waals surface area contributed by atoms with E-state index < -0.39 is 0 Å². The van der Waals surface area contributed by atoms with Crippen molar-refractivity contribution in [2.24, 2.45) is 0 Å². The van der Waals surface area contributed by atoms with Crippen molar-refractivity contribution in [3.8, 4) is 0 Å². The summed E-state index contributed by atoms with van der Waals surface area (Å²) in [5.74, 6) is 0.598. The molecule has 0 spiro atoms. The maximum atomic E-state index is 12.1. The van der Waals surface area contributed by atoms with Crippen LogP contribution >= 0.6 is 11.8 Å². The van der Waals surface area contributed by atoms with Crippen molar-refractivity contribution >= 4 is 29.3 Å². The minimum absolute atomic E-state index is 0.235. The minimum atomic E-state index is -0.235. The zero-order valence-corrected chi connectivity index (χ0v) is 17.6. The molecule has 2 heterocycles. The van der Waals surface area contributed by atoms with Crippen LogP contribution in [-0.2, 0) is 13.0 Å². The summed E-state index contributed by atoms with van der Waals surface area (Å²) in [4.78, 5) is 21.9. The Labute approximate surface area is 179 Å². The molecule has 0 aliphatic carbocycles. The highest BCUT2D eigenvalue weighted by atomic mass is 32.2. The van der Waals surface area contributed by atoms with E-state index in [1.807, 2.05) is 61.5 Å². The van der Waals surface area contributed by atoms with Crippen LogP contribution in [0, 0.1) is 6.92 Å². The Morgan fingerprint density at radius 2 is 1.87 bits per heavy atom. The van der Waals surface area contributed by atoms with Gasteiger partial charge in [-0.05, 0) is 43.2 Å². The number of aryl methyl sites for hydroxylation is 1. The summed E-state index contributed by atoms with van der Waals surface area (Å²) in [6.07, 6.45) is 2.38. The first-order valence-electron chi connectivity index (χ1n) is 9.70. The molecule has 4 aromatic rings. The average Bonchev–Trinajstić information content (AvgIpc) is 3.23. The number of urea groups is 1. The topological polar surface area (TPSA) is 84.2 Å². The molecular formula is C22H22N6OS. The van der Waals surface area contributed by atoms with Gasteiger partial charge in [0, 0.05) is 28.4 Å². The molecule has 2 N–H and O–H groups in total. The molecule has 0 radical (unpaired) electrons. The van der Waals surface area contributed by atoms with Crippen LogP contribution < -0.4 is 10.6 Å². The largest absolute Gasteiger partial charge is 0.334 e. The molecule has 8 heteroatoms. The molecule has 0 atom stereocenters. The Balaban J connectivity index is 1.44. The predicted octanol–water partition coefficient (Wildman–Crippen LogP) is 4.47. The molecule has 30 heavy (non-hydrogen) atoms. The van der Waals surface area contributed by atoms with E-state index in [0.29, 0.717) is 12.3 Å². The second-order valence-electron chi connectivity index (χ2n) is 6.73. The van der Waals surface area contributed by atoms with Gasteiger partial charge in [0.2, 0.25) is 0 Å². The first-order valence-corrected chi connectivity index (χ1v) is 10.5. The number of amides is 2. The smallest absolute Gasteiger partial charge is 0.319 e. The van der Waals surface area contributed by atoms with Gasteiger partial charge >= 0.3 is 6.03 Å². The highest BCUT2D eigenvalue weighted by molar-refractivity contribution is 7.99. The van der Waals surface area contributed by atoms with Gasteiger partial charge in [0.1, 0.15) is 11.4 Å². The number of fused-ring (bicyclic) bond motifs is 1. The van der Waals surface area contributed by atoms with Gasteiger partial charge in [-0.25, -0.2) is 9.78 Å². The number of hydrogen-bond acceptors (Lipinski definition) is 5. The van der Waals surface area contributed by atoms with Crippen molar-refractivity contribution < 1.29 is 4.79 Å². The molecule has 2 amide bonds. The van der Waals surface area contributed by atoms with Gasteiger partial charge in [-0.15, -0.1) is 0 Å². The Kier molecular flexibility index (Phi) is 5.94. The zero-order valence-electron chi connectivity index (χ0n) is 16.8. The van der Waals surface area contributed by atoms with Crippen molar-refractivity contribution in [1.29, 1.82) is 0 Å². The molecular weight excluding hydrogens is 396 g/mol. The lowest BCUT2D eigenvalue weighted by Crippen LogP contribution is -2.28. The zero-order chi connectivity index (χ0) is 20.9. The number of rotatable bonds is 6. The summed E-state index contributed by atoms with van der Waals surface area (Å²) in [5.41, 5.74) is 3.91. The van der Waals surface area contributed by atoms with E-state index in [4.69, 9.17) is 0 Å². The van der Waals surface area contributed by atoms with Crippen molar-refractivity contribution in [1.82, 2.24) is 24.9 Å². The molecule has 0 fully saturated rings. The number of nitrogens with one attached hydrogen (secondary N) is 2. The quantitative estimate of drug-likeness (QED) is 0.452. The van der Waals surface area contributed by atoms with Gasteiger partial charge in [0.25, 0.3) is 5.78 Å². The van der Waals surface area contributed by atoms with Gasteiger partial charge in [-0.2, -0.15) is 14.6 Å². The summed E-state index contributed by atoms with van der Waals surface area (Å²) in [6.45, 7) is 4.59. The maximum Gasteiger partial charge on any atom is 0.319 e. The van der Waals surface area contributed by atoms with Crippen LogP contribution in [-0.4, -0.2) is 25.6 Å². The number of carbonyl (C=O) groups excluding carboxylic acids is 1. The van der Waals surface area contributed by atoms with Crippen molar-refractivity contribution in [2.45, 2.75) is 36.7 Å². The normalized spacial score (nSPS) is 10.9. The van der Waals surface area contributed by atoms with E-state index in [2.05, 4.69) is 32.6 Å². The summed E-state index contributed by atoms with van der Waals surface area (Å²) in [5, 5.41) is 11.1. The second-order valence-corrected chi connectivity index (χ2v) is 7.79. The summed E-state index contributed by atoms with van der Waals surface area (Å²) in [6, 6.07) is 17.3. The predicted molar refractivity (Wildman–Crippen MR) is 118 cm³/mol. The monoisotopic (exact) mass is 418 g/mol. The number of anilines is 1. The lowest BCUT2D eigenvalue weighted by molar-refractivity contribution is 0.251. The SMILES string of the molecule is CCc1c(C)nc2ncnn2c1Sc1ccc(NC(=O)NCc2ccccc2)cc1. The number of aromatic nitrogens is 4. The van der Waals surface area contributed by atoms with Crippen LogP contribution in [0.2, 0.25) is 0 Å². The molecule has 7 nitrogen and oxygen atoms in total. The molecule has 0 saturated carbocycles. The van der Waals surface area contributed by atoms with Crippen LogP contribution in [0.5, 0.6) is 0 Å². The highest BCUT2D eigenvalue weighted by Crippen LogP contribution is 2.32. The fraction of sp³-hybridized carbons (Fsp3) is 0.182. The van der Waals surface area contributed by atoms with Gasteiger partial charge in [0.05, 0.1) is 0 Å². The van der Waals surface area contributed by atoms with E-state index >= 15 is 0 Å². The molecule has 0 aliphatic heterocycles. The third kappa shape index (κ3) is 4.44.